The summed E-state index contributed by atoms with van der Waals surface area (Å²) < 4.78 is 5.50. The number of nitrogens with one attached hydrogen (secondary N) is 2. The zero-order valence-corrected chi connectivity index (χ0v) is 12.8. The van der Waals surface area contributed by atoms with Gasteiger partial charge in [0, 0.05) is 26.2 Å². The van der Waals surface area contributed by atoms with Crippen molar-refractivity contribution in [1.29, 1.82) is 0 Å². The maximum Gasteiger partial charge on any atom is 0.252 e. The number of piperidine rings is 1. The van der Waals surface area contributed by atoms with Crippen LogP contribution in [0.1, 0.15) is 33.1 Å². The second-order valence-electron chi connectivity index (χ2n) is 5.44. The van der Waals surface area contributed by atoms with Gasteiger partial charge >= 0.3 is 0 Å². The molecule has 1 atom stereocenters. The third-order valence-electron chi connectivity index (χ3n) is 4.31. The minimum absolute atomic E-state index is 0.0362. The van der Waals surface area contributed by atoms with Gasteiger partial charge in [0.1, 0.15) is 5.60 Å². The van der Waals surface area contributed by atoms with Gasteiger partial charge in [-0.2, -0.15) is 0 Å². The third kappa shape index (κ3) is 4.44. The molecule has 1 aliphatic heterocycles. The maximum absolute atomic E-state index is 12.3. The first kappa shape index (κ1) is 16.4. The quantitative estimate of drug-likeness (QED) is 0.712. The van der Waals surface area contributed by atoms with Crippen molar-refractivity contribution in [3.63, 3.8) is 0 Å². The van der Waals surface area contributed by atoms with Crippen molar-refractivity contribution in [2.24, 2.45) is 0 Å². The van der Waals surface area contributed by atoms with Crippen molar-refractivity contribution in [3.8, 4) is 0 Å². The number of amides is 1. The summed E-state index contributed by atoms with van der Waals surface area (Å²) in [5.41, 5.74) is -0.625. The van der Waals surface area contributed by atoms with E-state index in [1.165, 1.54) is 0 Å². The molecule has 0 aromatic carbocycles. The Kier molecular flexibility index (Phi) is 6.75. The predicted octanol–water partition coefficient (Wildman–Crippen LogP) is 0.602. The summed E-state index contributed by atoms with van der Waals surface area (Å²) in [5.74, 6) is 0.0362. The van der Waals surface area contributed by atoms with Gasteiger partial charge in [-0.15, -0.1) is 0 Å². The molecule has 1 fully saturated rings. The summed E-state index contributed by atoms with van der Waals surface area (Å²) in [4.78, 5) is 14.6. The van der Waals surface area contributed by atoms with Gasteiger partial charge in [0.25, 0.3) is 5.91 Å². The van der Waals surface area contributed by atoms with Crippen LogP contribution >= 0.6 is 0 Å². The highest BCUT2D eigenvalue weighted by Crippen LogP contribution is 2.22. The second kappa shape index (κ2) is 7.82. The Balaban J connectivity index is 2.37. The molecule has 1 heterocycles. The minimum Gasteiger partial charge on any atom is -0.368 e. The molecule has 0 radical (unpaired) electrons. The average Bonchev–Trinajstić information content (AvgIpc) is 2.46. The second-order valence-corrected chi connectivity index (χ2v) is 5.44. The highest BCUT2D eigenvalue weighted by molar-refractivity contribution is 5.85. The minimum atomic E-state index is -0.625. The highest BCUT2D eigenvalue weighted by Gasteiger charge is 2.39. The number of nitrogens with zero attached hydrogens (tertiary/aromatic N) is 1. The van der Waals surface area contributed by atoms with E-state index in [1.54, 1.807) is 7.11 Å². The fraction of sp³-hybridized carbons (Fsp3) is 0.929. The van der Waals surface area contributed by atoms with E-state index in [2.05, 4.69) is 36.4 Å². The molecule has 112 valence electrons. The fourth-order valence-electron chi connectivity index (χ4n) is 2.39. The SMILES string of the molecule is CCC(C)N(C)CCNC(=O)C1(OC)CCNCC1. The molecule has 0 aromatic heterocycles. The van der Waals surface area contributed by atoms with Crippen LogP contribution in [0, 0.1) is 0 Å². The van der Waals surface area contributed by atoms with E-state index in [0.29, 0.717) is 12.6 Å². The van der Waals surface area contributed by atoms with Crippen LogP contribution in [0.5, 0.6) is 0 Å². The Labute approximate surface area is 117 Å². The number of ether oxygens (including phenoxy) is 1. The Morgan fingerprint density at radius 1 is 1.47 bits per heavy atom. The third-order valence-corrected chi connectivity index (χ3v) is 4.31. The number of hydrogen-bond acceptors (Lipinski definition) is 4. The van der Waals surface area contributed by atoms with Crippen LogP contribution in [0.15, 0.2) is 0 Å². The standard InChI is InChI=1S/C14H29N3O2/c1-5-12(2)17(3)11-10-16-13(18)14(19-4)6-8-15-9-7-14/h12,15H,5-11H2,1-4H3,(H,16,18). The summed E-state index contributed by atoms with van der Waals surface area (Å²) in [6.07, 6.45) is 2.62. The van der Waals surface area contributed by atoms with Crippen molar-refractivity contribution < 1.29 is 9.53 Å². The van der Waals surface area contributed by atoms with Crippen molar-refractivity contribution in [2.75, 3.05) is 40.3 Å². The van der Waals surface area contributed by atoms with Crippen molar-refractivity contribution in [2.45, 2.75) is 44.8 Å². The number of methoxy groups -OCH3 is 1. The number of likely N-dealkylation sites (N-methyl/N-ethyl adjacent to an activating group) is 1. The summed E-state index contributed by atoms with van der Waals surface area (Å²) in [6, 6.07) is 0.548. The molecule has 1 saturated heterocycles. The maximum atomic E-state index is 12.3. The Hall–Kier alpha value is -0.650. The molecule has 19 heavy (non-hydrogen) atoms. The molecule has 1 rings (SSSR count). The van der Waals surface area contributed by atoms with Crippen LogP contribution in [0.4, 0.5) is 0 Å². The van der Waals surface area contributed by atoms with Gasteiger partial charge < -0.3 is 20.3 Å². The lowest BCUT2D eigenvalue weighted by molar-refractivity contribution is -0.146. The van der Waals surface area contributed by atoms with Gasteiger partial charge in [-0.3, -0.25) is 4.79 Å². The van der Waals surface area contributed by atoms with Gasteiger partial charge in [-0.1, -0.05) is 6.92 Å². The molecule has 2 N–H and O–H groups in total. The molecule has 0 spiro atoms. The normalized spacial score (nSPS) is 20.3. The van der Waals surface area contributed by atoms with E-state index in [1.807, 2.05) is 0 Å². The van der Waals surface area contributed by atoms with Gasteiger partial charge in [-0.25, -0.2) is 0 Å². The fourth-order valence-corrected chi connectivity index (χ4v) is 2.39. The summed E-state index contributed by atoms with van der Waals surface area (Å²) in [6.45, 7) is 7.61. The van der Waals surface area contributed by atoms with Gasteiger partial charge in [0.05, 0.1) is 0 Å². The summed E-state index contributed by atoms with van der Waals surface area (Å²) in [5, 5.41) is 6.28. The van der Waals surface area contributed by atoms with E-state index < -0.39 is 5.60 Å². The lowest BCUT2D eigenvalue weighted by atomic mass is 9.91. The van der Waals surface area contributed by atoms with E-state index in [-0.39, 0.29) is 5.91 Å². The van der Waals surface area contributed by atoms with Crippen LogP contribution in [0.2, 0.25) is 0 Å². The van der Waals surface area contributed by atoms with Crippen LogP contribution in [0.25, 0.3) is 0 Å². The topological polar surface area (TPSA) is 53.6 Å². The first-order valence-corrected chi connectivity index (χ1v) is 7.30. The summed E-state index contributed by atoms with van der Waals surface area (Å²) in [7, 11) is 3.73. The Morgan fingerprint density at radius 2 is 2.11 bits per heavy atom. The molecule has 1 amide bonds. The zero-order chi connectivity index (χ0) is 14.3. The monoisotopic (exact) mass is 271 g/mol. The predicted molar refractivity (Wildman–Crippen MR) is 77.2 cm³/mol. The Bertz CT molecular complexity index is 278. The molecule has 5 nitrogen and oxygen atoms in total. The number of rotatable bonds is 7. The molecular weight excluding hydrogens is 242 g/mol. The van der Waals surface area contributed by atoms with Crippen LogP contribution in [-0.4, -0.2) is 62.8 Å². The van der Waals surface area contributed by atoms with Crippen molar-refractivity contribution in [3.05, 3.63) is 0 Å². The molecule has 0 saturated carbocycles. The molecule has 0 aliphatic carbocycles. The largest absolute Gasteiger partial charge is 0.368 e. The van der Waals surface area contributed by atoms with Crippen molar-refractivity contribution >= 4 is 5.91 Å². The van der Waals surface area contributed by atoms with E-state index in [0.717, 1.165) is 38.9 Å². The molecule has 0 bridgehead atoms. The molecular formula is C14H29N3O2. The lowest BCUT2D eigenvalue weighted by Crippen LogP contribution is -2.55. The van der Waals surface area contributed by atoms with Crippen molar-refractivity contribution in [1.82, 2.24) is 15.5 Å². The Morgan fingerprint density at radius 3 is 2.63 bits per heavy atom. The average molecular weight is 271 g/mol. The zero-order valence-electron chi connectivity index (χ0n) is 12.8. The van der Waals surface area contributed by atoms with Gasteiger partial charge in [-0.05, 0) is 46.3 Å². The van der Waals surface area contributed by atoms with E-state index in [4.69, 9.17) is 4.74 Å². The smallest absolute Gasteiger partial charge is 0.252 e. The highest BCUT2D eigenvalue weighted by atomic mass is 16.5. The summed E-state index contributed by atoms with van der Waals surface area (Å²) >= 11 is 0. The molecule has 1 aliphatic rings. The van der Waals surface area contributed by atoms with E-state index >= 15 is 0 Å². The lowest BCUT2D eigenvalue weighted by Gasteiger charge is -2.35. The van der Waals surface area contributed by atoms with Gasteiger partial charge in [0.2, 0.25) is 0 Å². The molecule has 5 heteroatoms. The van der Waals surface area contributed by atoms with Crippen LogP contribution < -0.4 is 10.6 Å². The van der Waals surface area contributed by atoms with Gasteiger partial charge in [0.15, 0.2) is 0 Å². The number of carbonyl (C=O) groups is 1. The van der Waals surface area contributed by atoms with Crippen LogP contribution in [0.3, 0.4) is 0 Å². The first-order valence-electron chi connectivity index (χ1n) is 7.30. The van der Waals surface area contributed by atoms with Crippen LogP contribution in [-0.2, 0) is 9.53 Å². The molecule has 1 unspecified atom stereocenters. The first-order chi connectivity index (χ1) is 9.05. The number of hydrogen-bond donors (Lipinski definition) is 2. The number of carbonyl (C=O) groups excluding carboxylic acids is 1. The molecule has 0 aromatic rings. The van der Waals surface area contributed by atoms with E-state index in [9.17, 15) is 4.79 Å².